The zero-order chi connectivity index (χ0) is 10.5. The van der Waals surface area contributed by atoms with Gasteiger partial charge in [-0.05, 0) is 21.3 Å². The van der Waals surface area contributed by atoms with Gasteiger partial charge in [0.15, 0.2) is 0 Å². The molecule has 1 aromatic rings. The van der Waals surface area contributed by atoms with E-state index in [4.69, 9.17) is 5.11 Å². The number of aliphatic carboxylic acids is 1. The summed E-state index contributed by atoms with van der Waals surface area (Å²) in [5, 5.41) is 9.92. The number of carboxylic acids is 1. The Kier molecular flexibility index (Phi) is 2.19. The van der Waals surface area contributed by atoms with E-state index in [2.05, 4.69) is 20.9 Å². The average Bonchev–Trinajstić information content (AvgIpc) is 2.42. The van der Waals surface area contributed by atoms with Gasteiger partial charge in [-0.15, -0.1) is 11.3 Å². The first-order chi connectivity index (χ1) is 6.44. The zero-order valence-corrected chi connectivity index (χ0v) is 10.2. The van der Waals surface area contributed by atoms with Crippen LogP contribution in [0.4, 0.5) is 0 Å². The molecule has 2 unspecified atom stereocenters. The summed E-state index contributed by atoms with van der Waals surface area (Å²) in [6, 6.07) is 0. The summed E-state index contributed by atoms with van der Waals surface area (Å²) < 4.78 is 0.958. The number of carbonyl (C=O) groups is 1. The van der Waals surface area contributed by atoms with Crippen molar-refractivity contribution in [3.63, 3.8) is 0 Å². The maximum absolute atomic E-state index is 10.9. The van der Waals surface area contributed by atoms with Crippen LogP contribution < -0.4 is 0 Å². The third-order valence-corrected chi connectivity index (χ3v) is 4.41. The standard InChI is InChI=1S/C9H10BrNO2S/c1-9(2)5(6(9)8(12)13)7-11-3-4(10)14-7/h3,5-6H,1-2H3,(H,12,13). The second-order valence-corrected chi connectivity index (χ2v) is 6.56. The first-order valence-corrected chi connectivity index (χ1v) is 5.89. The highest BCUT2D eigenvalue weighted by atomic mass is 79.9. The third kappa shape index (κ3) is 1.39. The lowest BCUT2D eigenvalue weighted by molar-refractivity contribution is -0.139. The molecule has 1 N–H and O–H groups in total. The van der Waals surface area contributed by atoms with Crippen LogP contribution in [0, 0.1) is 11.3 Å². The maximum atomic E-state index is 10.9. The van der Waals surface area contributed by atoms with Gasteiger partial charge in [-0.25, -0.2) is 4.98 Å². The first-order valence-electron chi connectivity index (χ1n) is 4.28. The summed E-state index contributed by atoms with van der Waals surface area (Å²) in [7, 11) is 0. The fourth-order valence-electron chi connectivity index (χ4n) is 1.97. The quantitative estimate of drug-likeness (QED) is 0.903. The van der Waals surface area contributed by atoms with Crippen LogP contribution in [-0.2, 0) is 4.79 Å². The van der Waals surface area contributed by atoms with Crippen molar-refractivity contribution in [2.24, 2.45) is 11.3 Å². The van der Waals surface area contributed by atoms with Crippen LogP contribution in [0.25, 0.3) is 0 Å². The van der Waals surface area contributed by atoms with Crippen molar-refractivity contribution < 1.29 is 9.90 Å². The predicted molar refractivity (Wildman–Crippen MR) is 57.5 cm³/mol. The van der Waals surface area contributed by atoms with Crippen molar-refractivity contribution in [2.45, 2.75) is 19.8 Å². The van der Waals surface area contributed by atoms with Crippen LogP contribution in [-0.4, -0.2) is 16.1 Å². The highest BCUT2D eigenvalue weighted by Crippen LogP contribution is 2.65. The number of thiazole rings is 1. The summed E-state index contributed by atoms with van der Waals surface area (Å²) in [5.74, 6) is -0.914. The highest BCUT2D eigenvalue weighted by molar-refractivity contribution is 9.11. The second kappa shape index (κ2) is 3.03. The van der Waals surface area contributed by atoms with Gasteiger partial charge in [0.2, 0.25) is 0 Å². The normalized spacial score (nSPS) is 28.8. The molecule has 0 amide bonds. The molecule has 76 valence electrons. The van der Waals surface area contributed by atoms with Crippen LogP contribution in [0.1, 0.15) is 24.8 Å². The average molecular weight is 276 g/mol. The first kappa shape index (κ1) is 10.1. The molecule has 1 aliphatic carbocycles. The lowest BCUT2D eigenvalue weighted by Crippen LogP contribution is -2.03. The fraction of sp³-hybridized carbons (Fsp3) is 0.556. The molecule has 0 aromatic carbocycles. The SMILES string of the molecule is CC1(C)C(C(=O)O)C1c1ncc(Br)s1. The van der Waals surface area contributed by atoms with E-state index >= 15 is 0 Å². The minimum absolute atomic E-state index is 0.0799. The summed E-state index contributed by atoms with van der Waals surface area (Å²) in [6.45, 7) is 3.96. The van der Waals surface area contributed by atoms with E-state index in [9.17, 15) is 4.79 Å². The fourth-order valence-corrected chi connectivity index (χ4v) is 3.55. The van der Waals surface area contributed by atoms with E-state index in [-0.39, 0.29) is 17.3 Å². The number of hydrogen-bond donors (Lipinski definition) is 1. The van der Waals surface area contributed by atoms with E-state index in [0.29, 0.717) is 0 Å². The van der Waals surface area contributed by atoms with E-state index in [1.807, 2.05) is 13.8 Å². The summed E-state index contributed by atoms with van der Waals surface area (Å²) in [4.78, 5) is 15.1. The van der Waals surface area contributed by atoms with Crippen molar-refractivity contribution in [1.82, 2.24) is 4.98 Å². The van der Waals surface area contributed by atoms with Crippen molar-refractivity contribution in [1.29, 1.82) is 0 Å². The Labute approximate surface area is 94.3 Å². The molecule has 1 fully saturated rings. The lowest BCUT2D eigenvalue weighted by Gasteiger charge is -1.97. The van der Waals surface area contributed by atoms with Gasteiger partial charge < -0.3 is 5.11 Å². The van der Waals surface area contributed by atoms with Crippen LogP contribution in [0.3, 0.4) is 0 Å². The van der Waals surface area contributed by atoms with Gasteiger partial charge >= 0.3 is 5.97 Å². The number of aromatic nitrogens is 1. The van der Waals surface area contributed by atoms with Crippen LogP contribution in [0.15, 0.2) is 9.98 Å². The molecule has 14 heavy (non-hydrogen) atoms. The number of nitrogens with zero attached hydrogens (tertiary/aromatic N) is 1. The van der Waals surface area contributed by atoms with Crippen molar-refractivity contribution in [2.75, 3.05) is 0 Å². The van der Waals surface area contributed by atoms with E-state index < -0.39 is 5.97 Å². The molecule has 0 saturated heterocycles. The van der Waals surface area contributed by atoms with E-state index in [1.165, 1.54) is 11.3 Å². The van der Waals surface area contributed by atoms with Crippen molar-refractivity contribution >= 4 is 33.2 Å². The molecule has 0 radical (unpaired) electrons. The topological polar surface area (TPSA) is 50.2 Å². The molecule has 3 nitrogen and oxygen atoms in total. The minimum Gasteiger partial charge on any atom is -0.481 e. The Morgan fingerprint density at radius 3 is 2.71 bits per heavy atom. The molecule has 0 aliphatic heterocycles. The van der Waals surface area contributed by atoms with Gasteiger partial charge in [-0.2, -0.15) is 0 Å². The Morgan fingerprint density at radius 1 is 1.71 bits per heavy atom. The molecule has 0 bridgehead atoms. The molecule has 1 heterocycles. The molecule has 1 saturated carbocycles. The summed E-state index contributed by atoms with van der Waals surface area (Å²) >= 11 is 4.86. The molecule has 1 aromatic heterocycles. The van der Waals surface area contributed by atoms with E-state index in [1.54, 1.807) is 6.20 Å². The Bertz CT molecular complexity index is 388. The molecule has 2 rings (SSSR count). The maximum Gasteiger partial charge on any atom is 0.307 e. The highest BCUT2D eigenvalue weighted by Gasteiger charge is 2.64. The van der Waals surface area contributed by atoms with Crippen molar-refractivity contribution in [3.05, 3.63) is 15.0 Å². The Hall–Kier alpha value is -0.420. The van der Waals surface area contributed by atoms with Gasteiger partial charge in [0.25, 0.3) is 0 Å². The predicted octanol–water partition coefficient (Wildman–Crippen LogP) is 2.73. The Morgan fingerprint density at radius 2 is 2.36 bits per heavy atom. The van der Waals surface area contributed by atoms with Gasteiger partial charge in [0.1, 0.15) is 0 Å². The van der Waals surface area contributed by atoms with Gasteiger partial charge in [0, 0.05) is 5.92 Å². The minimum atomic E-state index is -0.716. The molecule has 1 aliphatic rings. The number of halogens is 1. The van der Waals surface area contributed by atoms with Gasteiger partial charge in [0.05, 0.1) is 20.9 Å². The smallest absolute Gasteiger partial charge is 0.307 e. The molecule has 5 heteroatoms. The second-order valence-electron chi connectivity index (χ2n) is 4.12. The summed E-state index contributed by atoms with van der Waals surface area (Å²) in [6.07, 6.45) is 1.73. The van der Waals surface area contributed by atoms with Crippen LogP contribution in [0.2, 0.25) is 0 Å². The Balaban J connectivity index is 2.27. The monoisotopic (exact) mass is 275 g/mol. The number of carboxylic acid groups (broad SMARTS) is 1. The summed E-state index contributed by atoms with van der Waals surface area (Å²) in [5.41, 5.74) is -0.150. The zero-order valence-electron chi connectivity index (χ0n) is 7.82. The number of hydrogen-bond acceptors (Lipinski definition) is 3. The number of rotatable bonds is 2. The molecule has 2 atom stereocenters. The largest absolute Gasteiger partial charge is 0.481 e. The van der Waals surface area contributed by atoms with Crippen molar-refractivity contribution in [3.8, 4) is 0 Å². The van der Waals surface area contributed by atoms with Crippen LogP contribution in [0.5, 0.6) is 0 Å². The third-order valence-electron chi connectivity index (χ3n) is 2.85. The van der Waals surface area contributed by atoms with Gasteiger partial charge in [-0.1, -0.05) is 13.8 Å². The molecule has 0 spiro atoms. The lowest BCUT2D eigenvalue weighted by atomic mass is 10.1. The van der Waals surface area contributed by atoms with Crippen LogP contribution >= 0.6 is 27.3 Å². The van der Waals surface area contributed by atoms with Gasteiger partial charge in [-0.3, -0.25) is 4.79 Å². The van der Waals surface area contributed by atoms with E-state index in [0.717, 1.165) is 8.79 Å². The molecular formula is C9H10BrNO2S. The molecular weight excluding hydrogens is 266 g/mol.